The molecular formula is C21H14ClN3OS2. The molecule has 0 atom stereocenters. The molecule has 138 valence electrons. The largest absolute Gasteiger partial charge is 0.301 e. The third kappa shape index (κ3) is 3.69. The Labute approximate surface area is 174 Å². The predicted octanol–water partition coefficient (Wildman–Crippen LogP) is 5.78. The molecule has 2 heterocycles. The minimum Gasteiger partial charge on any atom is -0.301 e. The van der Waals surface area contributed by atoms with Crippen molar-refractivity contribution in [1.82, 2.24) is 9.97 Å². The monoisotopic (exact) mass is 423 g/mol. The van der Waals surface area contributed by atoms with Crippen LogP contribution in [0.15, 0.2) is 58.5 Å². The molecule has 1 N–H and O–H groups in total. The van der Waals surface area contributed by atoms with Gasteiger partial charge in [0, 0.05) is 21.2 Å². The summed E-state index contributed by atoms with van der Waals surface area (Å²) in [6.07, 6.45) is 0. The average molecular weight is 424 g/mol. The Morgan fingerprint density at radius 3 is 2.79 bits per heavy atom. The first kappa shape index (κ1) is 18.8. The van der Waals surface area contributed by atoms with Crippen LogP contribution < -0.4 is 5.56 Å². The lowest BCUT2D eigenvalue weighted by Crippen LogP contribution is -2.08. The fourth-order valence-electron chi connectivity index (χ4n) is 3.01. The molecule has 4 nitrogen and oxygen atoms in total. The SMILES string of the molecule is Cc1sc2nc(SCc3cccc(C#N)c3)[nH]c(=O)c2c1-c1ccc(Cl)cc1. The molecule has 0 spiro atoms. The first-order valence-electron chi connectivity index (χ1n) is 8.46. The Hall–Kier alpha value is -2.59. The molecule has 0 bridgehead atoms. The van der Waals surface area contributed by atoms with Gasteiger partial charge in [0.1, 0.15) is 4.83 Å². The number of nitrogens with zero attached hydrogens (tertiary/aromatic N) is 2. The zero-order valence-electron chi connectivity index (χ0n) is 14.8. The fourth-order valence-corrected chi connectivity index (χ4v) is 5.05. The number of nitrogens with one attached hydrogen (secondary N) is 1. The van der Waals surface area contributed by atoms with Gasteiger partial charge in [-0.2, -0.15) is 5.26 Å². The van der Waals surface area contributed by atoms with E-state index in [-0.39, 0.29) is 5.56 Å². The van der Waals surface area contributed by atoms with E-state index in [2.05, 4.69) is 16.0 Å². The summed E-state index contributed by atoms with van der Waals surface area (Å²) in [7, 11) is 0. The number of thioether (sulfide) groups is 1. The minimum atomic E-state index is -0.146. The van der Waals surface area contributed by atoms with Gasteiger partial charge in [0.05, 0.1) is 17.0 Å². The Morgan fingerprint density at radius 2 is 2.04 bits per heavy atom. The fraction of sp³-hybridized carbons (Fsp3) is 0.0952. The van der Waals surface area contributed by atoms with Crippen molar-refractivity contribution >= 4 is 44.9 Å². The Balaban J connectivity index is 1.69. The van der Waals surface area contributed by atoms with E-state index in [1.54, 1.807) is 6.07 Å². The zero-order valence-corrected chi connectivity index (χ0v) is 17.2. The van der Waals surface area contributed by atoms with Gasteiger partial charge >= 0.3 is 0 Å². The summed E-state index contributed by atoms with van der Waals surface area (Å²) in [5.74, 6) is 0.623. The van der Waals surface area contributed by atoms with E-state index in [9.17, 15) is 4.79 Å². The van der Waals surface area contributed by atoms with Gasteiger partial charge in [-0.1, -0.05) is 47.6 Å². The molecule has 2 aromatic heterocycles. The molecule has 7 heteroatoms. The van der Waals surface area contributed by atoms with Crippen LogP contribution in [0.4, 0.5) is 0 Å². The number of benzene rings is 2. The van der Waals surface area contributed by atoms with E-state index in [0.717, 1.165) is 26.4 Å². The molecule has 0 unspecified atom stereocenters. The van der Waals surface area contributed by atoms with Crippen LogP contribution in [0.3, 0.4) is 0 Å². The minimum absolute atomic E-state index is 0.146. The highest BCUT2D eigenvalue weighted by Crippen LogP contribution is 2.36. The highest BCUT2D eigenvalue weighted by atomic mass is 35.5. The number of nitriles is 1. The number of hydrogen-bond donors (Lipinski definition) is 1. The Kier molecular flexibility index (Phi) is 5.23. The van der Waals surface area contributed by atoms with Crippen LogP contribution in [0.25, 0.3) is 21.3 Å². The van der Waals surface area contributed by atoms with E-state index in [4.69, 9.17) is 16.9 Å². The van der Waals surface area contributed by atoms with E-state index in [1.807, 2.05) is 49.4 Å². The van der Waals surface area contributed by atoms with Gasteiger partial charge in [-0.25, -0.2) is 4.98 Å². The standard InChI is InChI=1S/C21H14ClN3OS2/c1-12-17(15-5-7-16(22)8-6-15)18-19(26)24-21(25-20(18)28-12)27-11-14-4-2-3-13(9-14)10-23/h2-9H,11H2,1H3,(H,24,25,26). The quantitative estimate of drug-likeness (QED) is 0.333. The molecule has 4 rings (SSSR count). The number of H-pyrrole nitrogens is 1. The van der Waals surface area contributed by atoms with Gasteiger partial charge in [-0.3, -0.25) is 4.79 Å². The number of hydrogen-bond acceptors (Lipinski definition) is 5. The second kappa shape index (κ2) is 7.80. The molecule has 0 radical (unpaired) electrons. The van der Waals surface area contributed by atoms with Crippen LogP contribution in [-0.2, 0) is 5.75 Å². The third-order valence-electron chi connectivity index (χ3n) is 4.28. The second-order valence-corrected chi connectivity index (χ2v) is 8.80. The van der Waals surface area contributed by atoms with Crippen molar-refractivity contribution in [3.63, 3.8) is 0 Å². The average Bonchev–Trinajstić information content (AvgIpc) is 3.03. The molecule has 0 amide bonds. The lowest BCUT2D eigenvalue weighted by Gasteiger charge is -2.04. The van der Waals surface area contributed by atoms with Crippen molar-refractivity contribution in [3.05, 3.63) is 79.9 Å². The number of thiophene rings is 1. The van der Waals surface area contributed by atoms with Crippen molar-refractivity contribution in [1.29, 1.82) is 5.26 Å². The summed E-state index contributed by atoms with van der Waals surface area (Å²) in [6, 6.07) is 17.0. The van der Waals surface area contributed by atoms with E-state index < -0.39 is 0 Å². The van der Waals surface area contributed by atoms with Crippen LogP contribution >= 0.6 is 34.7 Å². The zero-order chi connectivity index (χ0) is 19.7. The highest BCUT2D eigenvalue weighted by Gasteiger charge is 2.17. The van der Waals surface area contributed by atoms with Crippen molar-refractivity contribution in [2.45, 2.75) is 17.8 Å². The summed E-state index contributed by atoms with van der Waals surface area (Å²) in [6.45, 7) is 2.00. The van der Waals surface area contributed by atoms with E-state index in [0.29, 0.717) is 26.9 Å². The smallest absolute Gasteiger partial charge is 0.260 e. The van der Waals surface area contributed by atoms with Gasteiger partial charge in [0.15, 0.2) is 5.16 Å². The summed E-state index contributed by atoms with van der Waals surface area (Å²) in [5, 5.41) is 10.9. The van der Waals surface area contributed by atoms with Gasteiger partial charge in [0.2, 0.25) is 0 Å². The van der Waals surface area contributed by atoms with Crippen molar-refractivity contribution in [3.8, 4) is 17.2 Å². The van der Waals surface area contributed by atoms with Crippen LogP contribution in [0.5, 0.6) is 0 Å². The first-order valence-corrected chi connectivity index (χ1v) is 10.6. The number of aryl methyl sites for hydroxylation is 1. The molecule has 28 heavy (non-hydrogen) atoms. The predicted molar refractivity (Wildman–Crippen MR) is 116 cm³/mol. The number of fused-ring (bicyclic) bond motifs is 1. The van der Waals surface area contributed by atoms with E-state index in [1.165, 1.54) is 23.1 Å². The lowest BCUT2D eigenvalue weighted by atomic mass is 10.0. The van der Waals surface area contributed by atoms with Gasteiger partial charge in [-0.15, -0.1) is 11.3 Å². The summed E-state index contributed by atoms with van der Waals surface area (Å²) >= 11 is 8.95. The van der Waals surface area contributed by atoms with Gasteiger partial charge in [-0.05, 0) is 42.3 Å². The third-order valence-corrected chi connectivity index (χ3v) is 6.48. The summed E-state index contributed by atoms with van der Waals surface area (Å²) in [5.41, 5.74) is 3.35. The number of aromatic nitrogens is 2. The van der Waals surface area contributed by atoms with Crippen molar-refractivity contribution in [2.75, 3.05) is 0 Å². The number of aromatic amines is 1. The van der Waals surface area contributed by atoms with Gasteiger partial charge < -0.3 is 4.98 Å². The molecule has 0 aliphatic carbocycles. The highest BCUT2D eigenvalue weighted by molar-refractivity contribution is 7.98. The maximum atomic E-state index is 12.8. The number of rotatable bonds is 4. The van der Waals surface area contributed by atoms with Crippen LogP contribution in [0.2, 0.25) is 5.02 Å². The lowest BCUT2D eigenvalue weighted by molar-refractivity contribution is 0.980. The van der Waals surface area contributed by atoms with Crippen LogP contribution in [0.1, 0.15) is 16.0 Å². The van der Waals surface area contributed by atoms with Crippen molar-refractivity contribution < 1.29 is 0 Å². The maximum absolute atomic E-state index is 12.8. The maximum Gasteiger partial charge on any atom is 0.260 e. The molecule has 0 fully saturated rings. The van der Waals surface area contributed by atoms with E-state index >= 15 is 0 Å². The second-order valence-electron chi connectivity index (χ2n) is 6.19. The number of halogens is 1. The molecule has 0 saturated heterocycles. The molecule has 0 saturated carbocycles. The van der Waals surface area contributed by atoms with Crippen molar-refractivity contribution in [2.24, 2.45) is 0 Å². The first-order chi connectivity index (χ1) is 13.5. The van der Waals surface area contributed by atoms with Gasteiger partial charge in [0.25, 0.3) is 5.56 Å². The van der Waals surface area contributed by atoms with Crippen LogP contribution in [0, 0.1) is 18.3 Å². The molecule has 0 aliphatic rings. The molecule has 0 aliphatic heterocycles. The molecular weight excluding hydrogens is 410 g/mol. The Morgan fingerprint density at radius 1 is 1.25 bits per heavy atom. The molecule has 2 aromatic carbocycles. The summed E-state index contributed by atoms with van der Waals surface area (Å²) in [4.78, 5) is 22.1. The topological polar surface area (TPSA) is 69.5 Å². The summed E-state index contributed by atoms with van der Waals surface area (Å²) < 4.78 is 0. The van der Waals surface area contributed by atoms with Crippen LogP contribution in [-0.4, -0.2) is 9.97 Å². The Bertz CT molecular complexity index is 1270. The molecule has 4 aromatic rings. The normalized spacial score (nSPS) is 10.9.